The SMILES string of the molecule is CC(C)(C)C(=O)Nc1ccccc1C(=O)Nc1nnc(-c2ccccc2)o1. The van der Waals surface area contributed by atoms with Crippen molar-refractivity contribution in [1.29, 1.82) is 0 Å². The first-order valence-electron chi connectivity index (χ1n) is 8.45. The smallest absolute Gasteiger partial charge is 0.322 e. The molecule has 0 aliphatic carbocycles. The maximum Gasteiger partial charge on any atom is 0.322 e. The number of carbonyl (C=O) groups excluding carboxylic acids is 2. The Hall–Kier alpha value is -3.48. The summed E-state index contributed by atoms with van der Waals surface area (Å²) in [7, 11) is 0. The van der Waals surface area contributed by atoms with E-state index in [0.717, 1.165) is 5.56 Å². The molecule has 1 heterocycles. The predicted octanol–water partition coefficient (Wildman–Crippen LogP) is 3.97. The molecule has 0 atom stereocenters. The largest absolute Gasteiger partial charge is 0.403 e. The molecule has 0 radical (unpaired) electrons. The molecule has 7 nitrogen and oxygen atoms in total. The second kappa shape index (κ2) is 7.41. The van der Waals surface area contributed by atoms with Crippen molar-refractivity contribution >= 4 is 23.5 Å². The first kappa shape index (κ1) is 18.3. The number of para-hydroxylation sites is 1. The van der Waals surface area contributed by atoms with E-state index >= 15 is 0 Å². The Balaban J connectivity index is 1.78. The Kier molecular flexibility index (Phi) is 5.03. The van der Waals surface area contributed by atoms with Gasteiger partial charge in [-0.15, -0.1) is 5.10 Å². The summed E-state index contributed by atoms with van der Waals surface area (Å²) in [4.78, 5) is 24.9. The molecule has 7 heteroatoms. The lowest BCUT2D eigenvalue weighted by Gasteiger charge is -2.19. The highest BCUT2D eigenvalue weighted by Crippen LogP contribution is 2.23. The summed E-state index contributed by atoms with van der Waals surface area (Å²) < 4.78 is 5.50. The first-order chi connectivity index (χ1) is 12.8. The van der Waals surface area contributed by atoms with E-state index in [4.69, 9.17) is 4.42 Å². The summed E-state index contributed by atoms with van der Waals surface area (Å²) in [5, 5.41) is 13.1. The Morgan fingerprint density at radius 2 is 1.56 bits per heavy atom. The van der Waals surface area contributed by atoms with Gasteiger partial charge in [-0.3, -0.25) is 14.9 Å². The third kappa shape index (κ3) is 4.38. The van der Waals surface area contributed by atoms with Gasteiger partial charge in [0.1, 0.15) is 0 Å². The van der Waals surface area contributed by atoms with Gasteiger partial charge >= 0.3 is 6.01 Å². The topological polar surface area (TPSA) is 97.1 Å². The molecule has 0 aliphatic heterocycles. The zero-order valence-corrected chi connectivity index (χ0v) is 15.3. The van der Waals surface area contributed by atoms with E-state index < -0.39 is 11.3 Å². The van der Waals surface area contributed by atoms with Gasteiger partial charge < -0.3 is 9.73 Å². The average Bonchev–Trinajstić information content (AvgIpc) is 3.10. The molecule has 2 N–H and O–H groups in total. The summed E-state index contributed by atoms with van der Waals surface area (Å²) in [5.74, 6) is -0.338. The van der Waals surface area contributed by atoms with Gasteiger partial charge in [0.15, 0.2) is 0 Å². The lowest BCUT2D eigenvalue weighted by Crippen LogP contribution is -2.28. The number of amides is 2. The quantitative estimate of drug-likeness (QED) is 0.730. The molecular formula is C20H20N4O3. The van der Waals surface area contributed by atoms with Crippen molar-refractivity contribution in [3.8, 4) is 11.5 Å². The van der Waals surface area contributed by atoms with E-state index in [1.807, 2.05) is 30.3 Å². The maximum atomic E-state index is 12.6. The van der Waals surface area contributed by atoms with Crippen LogP contribution in [0.1, 0.15) is 31.1 Å². The molecule has 1 aromatic heterocycles. The van der Waals surface area contributed by atoms with E-state index in [1.165, 1.54) is 0 Å². The third-order valence-corrected chi connectivity index (χ3v) is 3.77. The van der Waals surface area contributed by atoms with Gasteiger partial charge in [0, 0.05) is 11.0 Å². The van der Waals surface area contributed by atoms with Gasteiger partial charge in [0.25, 0.3) is 5.91 Å². The van der Waals surface area contributed by atoms with Crippen LogP contribution in [0.4, 0.5) is 11.7 Å². The maximum absolute atomic E-state index is 12.6. The van der Waals surface area contributed by atoms with Gasteiger partial charge in [-0.2, -0.15) is 0 Å². The number of benzene rings is 2. The molecule has 138 valence electrons. The monoisotopic (exact) mass is 364 g/mol. The Morgan fingerprint density at radius 1 is 0.889 bits per heavy atom. The van der Waals surface area contributed by atoms with Crippen molar-refractivity contribution in [1.82, 2.24) is 10.2 Å². The minimum absolute atomic E-state index is 0.0178. The first-order valence-corrected chi connectivity index (χ1v) is 8.45. The van der Waals surface area contributed by atoms with E-state index in [-0.39, 0.29) is 11.9 Å². The fraction of sp³-hybridized carbons (Fsp3) is 0.200. The van der Waals surface area contributed by atoms with Crippen LogP contribution >= 0.6 is 0 Å². The molecule has 0 unspecified atom stereocenters. The van der Waals surface area contributed by atoms with E-state index in [2.05, 4.69) is 20.8 Å². The molecule has 0 spiro atoms. The number of hydrogen-bond acceptors (Lipinski definition) is 5. The molecule has 3 aromatic rings. The number of nitrogens with one attached hydrogen (secondary N) is 2. The average molecular weight is 364 g/mol. The standard InChI is InChI=1S/C20H20N4O3/c1-20(2,3)18(26)21-15-12-8-7-11-14(15)16(25)22-19-24-23-17(27-19)13-9-5-4-6-10-13/h4-12H,1-3H3,(H,21,26)(H,22,24,25). The zero-order valence-electron chi connectivity index (χ0n) is 15.3. The van der Waals surface area contributed by atoms with Crippen LogP contribution in [0, 0.1) is 5.41 Å². The van der Waals surface area contributed by atoms with Crippen molar-refractivity contribution < 1.29 is 14.0 Å². The molecule has 3 rings (SSSR count). The van der Waals surface area contributed by atoms with Crippen molar-refractivity contribution in [2.75, 3.05) is 10.6 Å². The summed E-state index contributed by atoms with van der Waals surface area (Å²) in [6.07, 6.45) is 0. The van der Waals surface area contributed by atoms with Crippen LogP contribution in [-0.4, -0.2) is 22.0 Å². The highest BCUT2D eigenvalue weighted by atomic mass is 16.4. The third-order valence-electron chi connectivity index (χ3n) is 3.77. The van der Waals surface area contributed by atoms with Crippen LogP contribution in [0.3, 0.4) is 0 Å². The second-order valence-corrected chi connectivity index (χ2v) is 6.98. The Labute approximate surface area is 156 Å². The molecule has 2 aromatic carbocycles. The molecule has 0 saturated heterocycles. The van der Waals surface area contributed by atoms with Crippen molar-refractivity contribution in [3.63, 3.8) is 0 Å². The Bertz CT molecular complexity index is 959. The van der Waals surface area contributed by atoms with Crippen LogP contribution in [-0.2, 0) is 4.79 Å². The summed E-state index contributed by atoms with van der Waals surface area (Å²) in [5.41, 5.74) is 0.885. The Morgan fingerprint density at radius 3 is 2.26 bits per heavy atom. The van der Waals surface area contributed by atoms with Crippen LogP contribution in [0.15, 0.2) is 59.0 Å². The van der Waals surface area contributed by atoms with Crippen molar-refractivity contribution in [3.05, 3.63) is 60.2 Å². The van der Waals surface area contributed by atoms with Gasteiger partial charge in [-0.25, -0.2) is 0 Å². The highest BCUT2D eigenvalue weighted by Gasteiger charge is 2.23. The molecular weight excluding hydrogens is 344 g/mol. The summed E-state index contributed by atoms with van der Waals surface area (Å²) >= 11 is 0. The van der Waals surface area contributed by atoms with Gasteiger partial charge in [-0.05, 0) is 24.3 Å². The predicted molar refractivity (Wildman–Crippen MR) is 102 cm³/mol. The number of nitrogens with zero attached hydrogens (tertiary/aromatic N) is 2. The van der Waals surface area contributed by atoms with Crippen LogP contribution < -0.4 is 10.6 Å². The number of aromatic nitrogens is 2. The lowest BCUT2D eigenvalue weighted by molar-refractivity contribution is -0.123. The minimum atomic E-state index is -0.583. The van der Waals surface area contributed by atoms with Crippen molar-refractivity contribution in [2.45, 2.75) is 20.8 Å². The molecule has 0 saturated carbocycles. The molecule has 2 amide bonds. The fourth-order valence-corrected chi connectivity index (χ4v) is 2.24. The lowest BCUT2D eigenvalue weighted by atomic mass is 9.95. The van der Waals surface area contributed by atoms with E-state index in [9.17, 15) is 9.59 Å². The normalized spacial score (nSPS) is 11.1. The number of rotatable bonds is 4. The fourth-order valence-electron chi connectivity index (χ4n) is 2.24. The van der Waals surface area contributed by atoms with Crippen LogP contribution in [0.5, 0.6) is 0 Å². The van der Waals surface area contributed by atoms with Crippen LogP contribution in [0.2, 0.25) is 0 Å². The molecule has 0 bridgehead atoms. The molecule has 0 aliphatic rings. The second-order valence-electron chi connectivity index (χ2n) is 6.98. The van der Waals surface area contributed by atoms with Gasteiger partial charge in [-0.1, -0.05) is 56.2 Å². The highest BCUT2D eigenvalue weighted by molar-refractivity contribution is 6.09. The van der Waals surface area contributed by atoms with Gasteiger partial charge in [0.2, 0.25) is 11.8 Å². The van der Waals surface area contributed by atoms with E-state index in [1.54, 1.807) is 45.0 Å². The number of carbonyl (C=O) groups is 2. The minimum Gasteiger partial charge on any atom is -0.403 e. The van der Waals surface area contributed by atoms with Crippen LogP contribution in [0.25, 0.3) is 11.5 Å². The van der Waals surface area contributed by atoms with Crippen molar-refractivity contribution in [2.24, 2.45) is 5.41 Å². The zero-order chi connectivity index (χ0) is 19.4. The molecule has 0 fully saturated rings. The number of anilines is 2. The van der Waals surface area contributed by atoms with Gasteiger partial charge in [0.05, 0.1) is 11.3 Å². The van der Waals surface area contributed by atoms with E-state index in [0.29, 0.717) is 17.1 Å². The molecule has 27 heavy (non-hydrogen) atoms. The summed E-state index contributed by atoms with van der Waals surface area (Å²) in [6.45, 7) is 5.40. The summed E-state index contributed by atoms with van der Waals surface area (Å²) in [6, 6.07) is 16.0. The number of hydrogen-bond donors (Lipinski definition) is 2.